The molecule has 6 nitrogen and oxygen atoms in total. The van der Waals surface area contributed by atoms with E-state index in [2.05, 4.69) is 12.2 Å². The molecule has 120 valence electrons. The summed E-state index contributed by atoms with van der Waals surface area (Å²) in [7, 11) is 0. The zero-order valence-corrected chi connectivity index (χ0v) is 12.7. The van der Waals surface area contributed by atoms with Crippen molar-refractivity contribution in [3.63, 3.8) is 0 Å². The highest BCUT2D eigenvalue weighted by Crippen LogP contribution is 2.34. The number of carboxylic acids is 1. The molecule has 2 aliphatic rings. The van der Waals surface area contributed by atoms with Gasteiger partial charge in [-0.2, -0.15) is 0 Å². The first-order chi connectivity index (χ1) is 9.97. The summed E-state index contributed by atoms with van der Waals surface area (Å²) in [5.41, 5.74) is -1.13. The topological polar surface area (TPSA) is 89.9 Å². The number of hydrogen-bond donors (Lipinski definition) is 3. The molecule has 3 N–H and O–H groups in total. The van der Waals surface area contributed by atoms with Crippen molar-refractivity contribution in [1.82, 2.24) is 10.2 Å². The number of hydrogen-bond acceptors (Lipinski definition) is 3. The molecule has 0 radical (unpaired) electrons. The third-order valence-corrected chi connectivity index (χ3v) is 4.98. The normalized spacial score (nSPS) is 33.5. The zero-order chi connectivity index (χ0) is 15.5. The second kappa shape index (κ2) is 6.64. The molecule has 0 spiro atoms. The van der Waals surface area contributed by atoms with E-state index in [1.807, 2.05) is 0 Å². The Labute approximate surface area is 125 Å². The Hall–Kier alpha value is -1.30. The summed E-state index contributed by atoms with van der Waals surface area (Å²) in [6.45, 7) is 2.99. The molecule has 2 fully saturated rings. The van der Waals surface area contributed by atoms with Crippen LogP contribution in [0.25, 0.3) is 0 Å². The zero-order valence-electron chi connectivity index (χ0n) is 12.7. The van der Waals surface area contributed by atoms with Gasteiger partial charge < -0.3 is 20.4 Å². The van der Waals surface area contributed by atoms with Crippen molar-refractivity contribution >= 4 is 12.0 Å². The highest BCUT2D eigenvalue weighted by Gasteiger charge is 2.43. The van der Waals surface area contributed by atoms with E-state index in [1.165, 1.54) is 4.90 Å². The molecule has 0 aromatic carbocycles. The van der Waals surface area contributed by atoms with Crippen LogP contribution in [0.5, 0.6) is 0 Å². The molecule has 6 heteroatoms. The average molecular weight is 298 g/mol. The predicted octanol–water partition coefficient (Wildman–Crippen LogP) is 1.58. The van der Waals surface area contributed by atoms with Gasteiger partial charge in [-0.25, -0.2) is 9.59 Å². The van der Waals surface area contributed by atoms with Crippen molar-refractivity contribution in [1.29, 1.82) is 0 Å². The molecule has 0 bridgehead atoms. The van der Waals surface area contributed by atoms with E-state index in [-0.39, 0.29) is 6.03 Å². The fourth-order valence-electron chi connectivity index (χ4n) is 3.39. The molecule has 1 unspecified atom stereocenters. The van der Waals surface area contributed by atoms with Crippen LogP contribution in [-0.2, 0) is 4.79 Å². The Balaban J connectivity index is 1.99. The number of rotatable bonds is 3. The van der Waals surface area contributed by atoms with Crippen LogP contribution >= 0.6 is 0 Å². The Morgan fingerprint density at radius 1 is 1.29 bits per heavy atom. The fourth-order valence-corrected chi connectivity index (χ4v) is 3.39. The molecule has 0 aromatic heterocycles. The largest absolute Gasteiger partial charge is 0.480 e. The van der Waals surface area contributed by atoms with E-state index in [0.29, 0.717) is 38.3 Å². The van der Waals surface area contributed by atoms with Gasteiger partial charge in [0, 0.05) is 13.1 Å². The van der Waals surface area contributed by atoms with Crippen LogP contribution in [0, 0.1) is 5.92 Å². The van der Waals surface area contributed by atoms with E-state index in [0.717, 1.165) is 25.7 Å². The predicted molar refractivity (Wildman–Crippen MR) is 78.0 cm³/mol. The summed E-state index contributed by atoms with van der Waals surface area (Å²) in [5, 5.41) is 21.9. The molecule has 1 atom stereocenters. The molecule has 2 rings (SSSR count). The SMILES string of the molecule is CCC1CCC(NC(=O)N2CCCC(O)C2)(C(=O)O)CC1. The molecule has 1 aliphatic heterocycles. The second-order valence-electron chi connectivity index (χ2n) is 6.41. The summed E-state index contributed by atoms with van der Waals surface area (Å²) in [5.74, 6) is -0.380. The van der Waals surface area contributed by atoms with Crippen LogP contribution in [0.15, 0.2) is 0 Å². The van der Waals surface area contributed by atoms with Gasteiger partial charge in [0.05, 0.1) is 6.10 Å². The van der Waals surface area contributed by atoms with Crippen LogP contribution in [0.4, 0.5) is 4.79 Å². The van der Waals surface area contributed by atoms with E-state index in [9.17, 15) is 19.8 Å². The highest BCUT2D eigenvalue weighted by molar-refractivity contribution is 5.86. The van der Waals surface area contributed by atoms with Gasteiger partial charge in [0.2, 0.25) is 0 Å². The Morgan fingerprint density at radius 2 is 1.95 bits per heavy atom. The molecule has 2 amide bonds. The lowest BCUT2D eigenvalue weighted by atomic mass is 9.75. The molecule has 21 heavy (non-hydrogen) atoms. The number of likely N-dealkylation sites (tertiary alicyclic amines) is 1. The van der Waals surface area contributed by atoms with Gasteiger partial charge in [-0.3, -0.25) is 0 Å². The van der Waals surface area contributed by atoms with Crippen LogP contribution < -0.4 is 5.32 Å². The second-order valence-corrected chi connectivity index (χ2v) is 6.41. The number of amides is 2. The van der Waals surface area contributed by atoms with Crippen LogP contribution in [-0.4, -0.2) is 51.8 Å². The number of nitrogens with one attached hydrogen (secondary N) is 1. The van der Waals surface area contributed by atoms with Crippen molar-refractivity contribution in [2.24, 2.45) is 5.92 Å². The molecule has 1 heterocycles. The number of carbonyl (C=O) groups is 2. The number of aliphatic hydroxyl groups excluding tert-OH is 1. The first-order valence-electron chi connectivity index (χ1n) is 7.95. The van der Waals surface area contributed by atoms with E-state index in [4.69, 9.17) is 0 Å². The third kappa shape index (κ3) is 3.67. The number of aliphatic carboxylic acids is 1. The van der Waals surface area contributed by atoms with Crippen molar-refractivity contribution in [2.45, 2.75) is 63.5 Å². The molecule has 1 saturated carbocycles. The van der Waals surface area contributed by atoms with Crippen molar-refractivity contribution in [3.8, 4) is 0 Å². The van der Waals surface area contributed by atoms with E-state index < -0.39 is 17.6 Å². The first-order valence-corrected chi connectivity index (χ1v) is 7.95. The number of carbonyl (C=O) groups excluding carboxylic acids is 1. The lowest BCUT2D eigenvalue weighted by molar-refractivity contribution is -0.146. The third-order valence-electron chi connectivity index (χ3n) is 4.98. The number of nitrogens with zero attached hydrogens (tertiary/aromatic N) is 1. The average Bonchev–Trinajstić information content (AvgIpc) is 2.47. The maximum absolute atomic E-state index is 12.3. The maximum Gasteiger partial charge on any atom is 0.329 e. The first kappa shape index (κ1) is 16.1. The summed E-state index contributed by atoms with van der Waals surface area (Å²) in [6, 6.07) is -0.355. The standard InChI is InChI=1S/C15H26N2O4/c1-2-11-5-7-15(8-6-11,13(19)20)16-14(21)17-9-3-4-12(18)10-17/h11-12,18H,2-10H2,1H3,(H,16,21)(H,19,20). The smallest absolute Gasteiger partial charge is 0.329 e. The molecular weight excluding hydrogens is 272 g/mol. The fraction of sp³-hybridized carbons (Fsp3) is 0.867. The van der Waals surface area contributed by atoms with Crippen molar-refractivity contribution in [3.05, 3.63) is 0 Å². The van der Waals surface area contributed by atoms with Gasteiger partial charge in [0.1, 0.15) is 5.54 Å². The minimum atomic E-state index is -1.13. The molecule has 1 aliphatic carbocycles. The number of piperidine rings is 1. The lowest BCUT2D eigenvalue weighted by Gasteiger charge is -2.39. The van der Waals surface area contributed by atoms with Gasteiger partial charge in [-0.05, 0) is 44.4 Å². The van der Waals surface area contributed by atoms with Crippen molar-refractivity contribution < 1.29 is 19.8 Å². The highest BCUT2D eigenvalue weighted by atomic mass is 16.4. The number of β-amino-alcohol motifs (C(OH)–C–C–N with tert-alkyl or cyclic N) is 1. The van der Waals surface area contributed by atoms with Gasteiger partial charge in [-0.1, -0.05) is 13.3 Å². The minimum absolute atomic E-state index is 0.291. The molecule has 1 saturated heterocycles. The van der Waals surface area contributed by atoms with Crippen LogP contribution in [0.3, 0.4) is 0 Å². The summed E-state index contributed by atoms with van der Waals surface area (Å²) < 4.78 is 0. The lowest BCUT2D eigenvalue weighted by Crippen LogP contribution is -2.60. The van der Waals surface area contributed by atoms with Crippen LogP contribution in [0.1, 0.15) is 51.9 Å². The van der Waals surface area contributed by atoms with E-state index >= 15 is 0 Å². The number of urea groups is 1. The van der Waals surface area contributed by atoms with Gasteiger partial charge in [0.25, 0.3) is 0 Å². The maximum atomic E-state index is 12.3. The van der Waals surface area contributed by atoms with Gasteiger partial charge in [-0.15, -0.1) is 0 Å². The van der Waals surface area contributed by atoms with Crippen molar-refractivity contribution in [2.75, 3.05) is 13.1 Å². The van der Waals surface area contributed by atoms with E-state index in [1.54, 1.807) is 0 Å². The summed E-state index contributed by atoms with van der Waals surface area (Å²) in [4.78, 5) is 25.5. The number of carboxylic acid groups (broad SMARTS) is 1. The Bertz CT molecular complexity index is 391. The summed E-state index contributed by atoms with van der Waals surface area (Å²) in [6.07, 6.45) is 4.67. The Morgan fingerprint density at radius 3 is 2.48 bits per heavy atom. The minimum Gasteiger partial charge on any atom is -0.480 e. The van der Waals surface area contributed by atoms with Gasteiger partial charge >= 0.3 is 12.0 Å². The monoisotopic (exact) mass is 298 g/mol. The number of aliphatic hydroxyl groups is 1. The quantitative estimate of drug-likeness (QED) is 0.738. The van der Waals surface area contributed by atoms with Crippen LogP contribution in [0.2, 0.25) is 0 Å². The molecular formula is C15H26N2O4. The summed E-state index contributed by atoms with van der Waals surface area (Å²) >= 11 is 0. The molecule has 0 aromatic rings. The Kier molecular flexibility index (Phi) is 5.08. The van der Waals surface area contributed by atoms with Gasteiger partial charge in [0.15, 0.2) is 0 Å².